The van der Waals surface area contributed by atoms with Crippen molar-refractivity contribution in [1.82, 2.24) is 4.90 Å². The molecule has 1 aliphatic heterocycles. The minimum Gasteiger partial charge on any atom is -0.506 e. The smallest absolute Gasteiger partial charge is 0.337 e. The molecule has 0 aliphatic carbocycles. The number of carbonyl (C=O) groups excluding carboxylic acids is 2. The van der Waals surface area contributed by atoms with Crippen molar-refractivity contribution in [3.05, 3.63) is 61.4 Å². The molecule has 1 heterocycles. The highest BCUT2D eigenvalue weighted by Crippen LogP contribution is 2.38. The monoisotopic (exact) mass is 538 g/mol. The second-order valence-corrected chi connectivity index (χ2v) is 8.70. The van der Waals surface area contributed by atoms with E-state index < -0.39 is 5.97 Å². The van der Waals surface area contributed by atoms with Crippen molar-refractivity contribution in [2.24, 2.45) is 4.99 Å². The Hall–Kier alpha value is -2.10. The molecule has 2 aromatic rings. The summed E-state index contributed by atoms with van der Waals surface area (Å²) in [4.78, 5) is 30.9. The Kier molecular flexibility index (Phi) is 6.81. The standard InChI is InChI=1S/C20H16Br2N2O4S/c1-3-24-18(26)16(9-12-8-13(21)10-15(22)17(12)25)29-20(24)23-14-6-4-11(5-7-14)19(27)28-2/h4-10,25H,3H2,1-2H3/b16-9-,23-20?. The molecule has 0 radical (unpaired) electrons. The summed E-state index contributed by atoms with van der Waals surface area (Å²) >= 11 is 7.91. The zero-order chi connectivity index (χ0) is 21.1. The molecule has 150 valence electrons. The number of benzene rings is 2. The number of methoxy groups -OCH3 is 1. The Labute approximate surface area is 188 Å². The number of likely N-dealkylation sites (N-methyl/N-ethyl adjacent to an activating group) is 1. The zero-order valence-electron chi connectivity index (χ0n) is 15.5. The normalized spacial score (nSPS) is 16.7. The Balaban J connectivity index is 1.93. The molecule has 6 nitrogen and oxygen atoms in total. The number of aliphatic imine (C=N–C) groups is 1. The third-order valence-electron chi connectivity index (χ3n) is 4.06. The van der Waals surface area contributed by atoms with Gasteiger partial charge in [-0.05, 0) is 77.1 Å². The third-order valence-corrected chi connectivity index (χ3v) is 6.13. The number of esters is 1. The number of carbonyl (C=O) groups is 2. The van der Waals surface area contributed by atoms with Crippen molar-refractivity contribution in [2.75, 3.05) is 13.7 Å². The maximum atomic E-state index is 12.8. The van der Waals surface area contributed by atoms with Gasteiger partial charge in [0.25, 0.3) is 5.91 Å². The van der Waals surface area contributed by atoms with E-state index in [2.05, 4.69) is 41.6 Å². The maximum Gasteiger partial charge on any atom is 0.337 e. The fourth-order valence-electron chi connectivity index (χ4n) is 2.61. The Bertz CT molecular complexity index is 1040. The van der Waals surface area contributed by atoms with Gasteiger partial charge < -0.3 is 9.84 Å². The van der Waals surface area contributed by atoms with Crippen molar-refractivity contribution < 1.29 is 19.4 Å². The Morgan fingerprint density at radius 1 is 1.28 bits per heavy atom. The van der Waals surface area contributed by atoms with E-state index in [1.165, 1.54) is 18.9 Å². The maximum absolute atomic E-state index is 12.8. The molecule has 0 aromatic heterocycles. The van der Waals surface area contributed by atoms with Crippen molar-refractivity contribution >= 4 is 72.4 Å². The number of aromatic hydroxyl groups is 1. The number of thioether (sulfide) groups is 1. The van der Waals surface area contributed by atoms with Crippen LogP contribution in [0.3, 0.4) is 0 Å². The van der Waals surface area contributed by atoms with Gasteiger partial charge in [-0.1, -0.05) is 15.9 Å². The summed E-state index contributed by atoms with van der Waals surface area (Å²) in [6.45, 7) is 2.32. The molecule has 1 saturated heterocycles. The first-order chi connectivity index (χ1) is 13.8. The van der Waals surface area contributed by atoms with Crippen LogP contribution in [0, 0.1) is 0 Å². The molecular formula is C20H16Br2N2O4S. The summed E-state index contributed by atoms with van der Waals surface area (Å²) in [6, 6.07) is 10.1. The zero-order valence-corrected chi connectivity index (χ0v) is 19.5. The lowest BCUT2D eigenvalue weighted by Crippen LogP contribution is -2.28. The number of phenols is 1. The second-order valence-electron chi connectivity index (χ2n) is 5.92. The highest BCUT2D eigenvalue weighted by molar-refractivity contribution is 9.11. The lowest BCUT2D eigenvalue weighted by molar-refractivity contribution is -0.122. The van der Waals surface area contributed by atoms with E-state index in [4.69, 9.17) is 0 Å². The van der Waals surface area contributed by atoms with Crippen LogP contribution in [0.25, 0.3) is 6.08 Å². The average molecular weight is 540 g/mol. The van der Waals surface area contributed by atoms with Crippen LogP contribution >= 0.6 is 43.6 Å². The number of amides is 1. The van der Waals surface area contributed by atoms with Gasteiger partial charge in [0, 0.05) is 16.6 Å². The fraction of sp³-hybridized carbons (Fsp3) is 0.150. The van der Waals surface area contributed by atoms with Crippen molar-refractivity contribution in [3.63, 3.8) is 0 Å². The number of hydrogen-bond donors (Lipinski definition) is 1. The second kappa shape index (κ2) is 9.15. The molecule has 0 unspecified atom stereocenters. The first-order valence-electron chi connectivity index (χ1n) is 8.50. The molecule has 1 fully saturated rings. The number of rotatable bonds is 4. The number of hydrogen-bond acceptors (Lipinski definition) is 6. The Morgan fingerprint density at radius 2 is 1.97 bits per heavy atom. The van der Waals surface area contributed by atoms with Crippen LogP contribution in [-0.4, -0.2) is 40.7 Å². The molecule has 0 saturated carbocycles. The van der Waals surface area contributed by atoms with E-state index in [0.29, 0.717) is 37.9 Å². The summed E-state index contributed by atoms with van der Waals surface area (Å²) in [7, 11) is 1.33. The van der Waals surface area contributed by atoms with E-state index in [9.17, 15) is 14.7 Å². The third kappa shape index (κ3) is 4.73. The lowest BCUT2D eigenvalue weighted by atomic mass is 10.2. The molecule has 1 amide bonds. The SMILES string of the molecule is CCN1C(=O)/C(=C/c2cc(Br)cc(Br)c2O)SC1=Nc1ccc(C(=O)OC)cc1. The largest absolute Gasteiger partial charge is 0.506 e. The molecule has 3 rings (SSSR count). The van der Waals surface area contributed by atoms with Crippen LogP contribution < -0.4 is 0 Å². The predicted molar refractivity (Wildman–Crippen MR) is 121 cm³/mol. The van der Waals surface area contributed by atoms with Crippen LogP contribution in [0.2, 0.25) is 0 Å². The summed E-state index contributed by atoms with van der Waals surface area (Å²) in [5.41, 5.74) is 1.55. The van der Waals surface area contributed by atoms with Crippen LogP contribution in [0.1, 0.15) is 22.8 Å². The minimum absolute atomic E-state index is 0.0564. The van der Waals surface area contributed by atoms with Crippen LogP contribution in [0.15, 0.2) is 55.2 Å². The topological polar surface area (TPSA) is 79.2 Å². The fourth-order valence-corrected chi connectivity index (χ4v) is 4.92. The highest BCUT2D eigenvalue weighted by Gasteiger charge is 2.32. The van der Waals surface area contributed by atoms with Gasteiger partial charge >= 0.3 is 5.97 Å². The van der Waals surface area contributed by atoms with Gasteiger partial charge in [-0.25, -0.2) is 9.79 Å². The quantitative estimate of drug-likeness (QED) is 0.419. The number of amidine groups is 1. The average Bonchev–Trinajstić information content (AvgIpc) is 2.99. The van der Waals surface area contributed by atoms with Gasteiger partial charge in [0.15, 0.2) is 5.17 Å². The van der Waals surface area contributed by atoms with Crippen LogP contribution in [0.5, 0.6) is 5.75 Å². The molecule has 0 spiro atoms. The van der Waals surface area contributed by atoms with Gasteiger partial charge in [-0.3, -0.25) is 9.69 Å². The predicted octanol–water partition coefficient (Wildman–Crippen LogP) is 5.33. The first-order valence-corrected chi connectivity index (χ1v) is 10.9. The molecular weight excluding hydrogens is 524 g/mol. The van der Waals surface area contributed by atoms with Crippen molar-refractivity contribution in [3.8, 4) is 5.75 Å². The highest BCUT2D eigenvalue weighted by atomic mass is 79.9. The van der Waals surface area contributed by atoms with E-state index in [0.717, 1.165) is 4.47 Å². The lowest BCUT2D eigenvalue weighted by Gasteiger charge is -2.12. The van der Waals surface area contributed by atoms with Crippen LogP contribution in [-0.2, 0) is 9.53 Å². The van der Waals surface area contributed by atoms with Crippen molar-refractivity contribution in [1.29, 1.82) is 0 Å². The molecule has 1 aliphatic rings. The molecule has 9 heteroatoms. The van der Waals surface area contributed by atoms with E-state index in [1.54, 1.807) is 47.4 Å². The Morgan fingerprint density at radius 3 is 2.59 bits per heavy atom. The molecule has 1 N–H and O–H groups in total. The summed E-state index contributed by atoms with van der Waals surface area (Å²) in [6.07, 6.45) is 1.64. The minimum atomic E-state index is -0.421. The number of ether oxygens (including phenoxy) is 1. The molecule has 0 bridgehead atoms. The van der Waals surface area contributed by atoms with Crippen LogP contribution in [0.4, 0.5) is 5.69 Å². The van der Waals surface area contributed by atoms with Crippen molar-refractivity contribution in [2.45, 2.75) is 6.92 Å². The molecule has 2 aromatic carbocycles. The molecule has 29 heavy (non-hydrogen) atoms. The van der Waals surface area contributed by atoms with Gasteiger partial charge in [0.05, 0.1) is 27.7 Å². The summed E-state index contributed by atoms with van der Waals surface area (Å²) in [5.74, 6) is -0.547. The number of nitrogens with zero attached hydrogens (tertiary/aromatic N) is 2. The molecule has 0 atom stereocenters. The number of phenolic OH excluding ortho intramolecular Hbond substituents is 1. The van der Waals surface area contributed by atoms with Gasteiger partial charge in [-0.15, -0.1) is 0 Å². The van der Waals surface area contributed by atoms with Gasteiger partial charge in [-0.2, -0.15) is 0 Å². The van der Waals surface area contributed by atoms with Gasteiger partial charge in [0.1, 0.15) is 5.75 Å². The first kappa shape index (κ1) is 21.6. The van der Waals surface area contributed by atoms with E-state index >= 15 is 0 Å². The number of halogens is 2. The van der Waals surface area contributed by atoms with E-state index in [-0.39, 0.29) is 11.7 Å². The summed E-state index contributed by atoms with van der Waals surface area (Å²) < 4.78 is 5.99. The summed E-state index contributed by atoms with van der Waals surface area (Å²) in [5, 5.41) is 10.8. The van der Waals surface area contributed by atoms with Gasteiger partial charge in [0.2, 0.25) is 0 Å². The van der Waals surface area contributed by atoms with E-state index in [1.807, 2.05) is 6.92 Å².